The zero-order valence-corrected chi connectivity index (χ0v) is 11.4. The molecule has 5 heteroatoms. The lowest BCUT2D eigenvalue weighted by Gasteiger charge is -2.06. The Bertz CT molecular complexity index is 867. The fourth-order valence-corrected chi connectivity index (χ4v) is 2.07. The Morgan fingerprint density at radius 2 is 1.81 bits per heavy atom. The molecule has 21 heavy (non-hydrogen) atoms. The molecular formula is C16H13N3O2. The van der Waals surface area contributed by atoms with E-state index in [0.29, 0.717) is 22.4 Å². The number of para-hydroxylation sites is 1. The van der Waals surface area contributed by atoms with Gasteiger partial charge in [-0.3, -0.25) is 14.6 Å². The molecule has 104 valence electrons. The highest BCUT2D eigenvalue weighted by Gasteiger charge is 2.04. The van der Waals surface area contributed by atoms with Crippen molar-refractivity contribution in [2.45, 2.75) is 6.92 Å². The second-order valence-corrected chi connectivity index (χ2v) is 4.69. The van der Waals surface area contributed by atoms with Crippen molar-refractivity contribution in [3.63, 3.8) is 0 Å². The lowest BCUT2D eigenvalue weighted by molar-refractivity contribution is 0.101. The third kappa shape index (κ3) is 2.67. The van der Waals surface area contributed by atoms with Crippen LogP contribution in [0.4, 0.5) is 11.6 Å². The predicted molar refractivity (Wildman–Crippen MR) is 82.1 cm³/mol. The molecule has 0 aliphatic heterocycles. The van der Waals surface area contributed by atoms with Gasteiger partial charge in [0.2, 0.25) is 5.95 Å². The van der Waals surface area contributed by atoms with Gasteiger partial charge in [0.1, 0.15) is 0 Å². The fourth-order valence-electron chi connectivity index (χ4n) is 2.07. The summed E-state index contributed by atoms with van der Waals surface area (Å²) in [5.74, 6) is 0.382. The molecule has 0 saturated heterocycles. The number of nitrogens with zero attached hydrogens (tertiary/aromatic N) is 1. The van der Waals surface area contributed by atoms with Gasteiger partial charge in [-0.15, -0.1) is 0 Å². The van der Waals surface area contributed by atoms with E-state index in [9.17, 15) is 9.59 Å². The van der Waals surface area contributed by atoms with E-state index in [-0.39, 0.29) is 11.3 Å². The number of carbonyl (C=O) groups is 1. The standard InChI is InChI=1S/C16H13N3O2/c1-10(20)11-6-8-12(9-7-11)17-16-18-14-5-3-2-4-13(14)15(21)19-16/h2-9H,1H3,(H2,17,18,19,21). The van der Waals surface area contributed by atoms with Crippen LogP contribution < -0.4 is 10.9 Å². The van der Waals surface area contributed by atoms with Crippen molar-refractivity contribution in [3.05, 3.63) is 64.4 Å². The first-order chi connectivity index (χ1) is 10.1. The first-order valence-corrected chi connectivity index (χ1v) is 6.50. The number of hydrogen-bond acceptors (Lipinski definition) is 4. The Labute approximate surface area is 120 Å². The van der Waals surface area contributed by atoms with Crippen molar-refractivity contribution >= 4 is 28.3 Å². The number of benzene rings is 2. The largest absolute Gasteiger partial charge is 0.326 e. The minimum Gasteiger partial charge on any atom is -0.326 e. The Morgan fingerprint density at radius 3 is 2.52 bits per heavy atom. The number of rotatable bonds is 3. The number of fused-ring (bicyclic) bond motifs is 1. The molecule has 0 aliphatic rings. The van der Waals surface area contributed by atoms with E-state index < -0.39 is 0 Å². The molecule has 0 atom stereocenters. The smallest absolute Gasteiger partial charge is 0.260 e. The van der Waals surface area contributed by atoms with Crippen molar-refractivity contribution < 1.29 is 4.79 Å². The molecule has 0 bridgehead atoms. The Kier molecular flexibility index (Phi) is 3.23. The number of ketones is 1. The number of anilines is 2. The first-order valence-electron chi connectivity index (χ1n) is 6.50. The van der Waals surface area contributed by atoms with Crippen LogP contribution in [0.25, 0.3) is 10.9 Å². The highest BCUT2D eigenvalue weighted by atomic mass is 16.1. The van der Waals surface area contributed by atoms with Crippen LogP contribution in [-0.2, 0) is 0 Å². The molecule has 0 aliphatic carbocycles. The second kappa shape index (κ2) is 5.20. The highest BCUT2D eigenvalue weighted by molar-refractivity contribution is 5.94. The minimum atomic E-state index is -0.191. The maximum atomic E-state index is 12.0. The predicted octanol–water partition coefficient (Wildman–Crippen LogP) is 2.87. The van der Waals surface area contributed by atoms with E-state index in [2.05, 4.69) is 15.3 Å². The van der Waals surface area contributed by atoms with E-state index >= 15 is 0 Å². The summed E-state index contributed by atoms with van der Waals surface area (Å²) in [6.45, 7) is 1.52. The van der Waals surface area contributed by atoms with Gasteiger partial charge in [0.05, 0.1) is 10.9 Å². The van der Waals surface area contributed by atoms with Gasteiger partial charge in [-0.05, 0) is 43.3 Å². The summed E-state index contributed by atoms with van der Waals surface area (Å²) in [6, 6.07) is 14.1. The summed E-state index contributed by atoms with van der Waals surface area (Å²) in [4.78, 5) is 30.2. The number of hydrogen-bond donors (Lipinski definition) is 2. The molecule has 0 radical (unpaired) electrons. The summed E-state index contributed by atoms with van der Waals surface area (Å²) in [6.07, 6.45) is 0. The van der Waals surface area contributed by atoms with Crippen LogP contribution in [0.3, 0.4) is 0 Å². The van der Waals surface area contributed by atoms with Crippen molar-refractivity contribution in [2.24, 2.45) is 0 Å². The van der Waals surface area contributed by atoms with Crippen molar-refractivity contribution in [1.82, 2.24) is 9.97 Å². The van der Waals surface area contributed by atoms with Gasteiger partial charge in [0.25, 0.3) is 5.56 Å². The number of aromatic nitrogens is 2. The SMILES string of the molecule is CC(=O)c1ccc(Nc2nc3ccccc3c(=O)[nH]2)cc1. The monoisotopic (exact) mass is 279 g/mol. The highest BCUT2D eigenvalue weighted by Crippen LogP contribution is 2.15. The third-order valence-electron chi connectivity index (χ3n) is 3.17. The first kappa shape index (κ1) is 13.1. The summed E-state index contributed by atoms with van der Waals surface area (Å²) in [5.41, 5.74) is 1.83. The normalized spacial score (nSPS) is 10.5. The van der Waals surface area contributed by atoms with Gasteiger partial charge in [-0.25, -0.2) is 4.98 Å². The van der Waals surface area contributed by atoms with Gasteiger partial charge in [0, 0.05) is 11.3 Å². The lowest BCUT2D eigenvalue weighted by atomic mass is 10.1. The molecule has 0 amide bonds. The molecule has 2 aromatic carbocycles. The van der Waals surface area contributed by atoms with Crippen molar-refractivity contribution in [1.29, 1.82) is 0 Å². The maximum Gasteiger partial charge on any atom is 0.260 e. The van der Waals surface area contributed by atoms with E-state index in [1.807, 2.05) is 6.07 Å². The Hall–Kier alpha value is -2.95. The molecule has 3 rings (SSSR count). The zero-order valence-electron chi connectivity index (χ0n) is 11.4. The van der Waals surface area contributed by atoms with E-state index in [1.165, 1.54) is 6.92 Å². The van der Waals surface area contributed by atoms with E-state index in [0.717, 1.165) is 5.69 Å². The number of Topliss-reactive ketones (excluding diaryl/α,β-unsaturated/α-hetero) is 1. The van der Waals surface area contributed by atoms with Crippen LogP contribution in [0.15, 0.2) is 53.3 Å². The number of carbonyl (C=O) groups excluding carboxylic acids is 1. The molecule has 0 saturated carbocycles. The molecule has 0 unspecified atom stereocenters. The second-order valence-electron chi connectivity index (χ2n) is 4.69. The van der Waals surface area contributed by atoms with Crippen LogP contribution in [-0.4, -0.2) is 15.8 Å². The maximum absolute atomic E-state index is 12.0. The zero-order chi connectivity index (χ0) is 14.8. The lowest BCUT2D eigenvalue weighted by Crippen LogP contribution is -2.11. The average molecular weight is 279 g/mol. The average Bonchev–Trinajstić information content (AvgIpc) is 2.48. The van der Waals surface area contributed by atoms with Crippen LogP contribution in [0.2, 0.25) is 0 Å². The van der Waals surface area contributed by atoms with Gasteiger partial charge in [-0.2, -0.15) is 0 Å². The minimum absolute atomic E-state index is 0.0128. The molecule has 0 spiro atoms. The fraction of sp³-hybridized carbons (Fsp3) is 0.0625. The topological polar surface area (TPSA) is 74.8 Å². The summed E-state index contributed by atoms with van der Waals surface area (Å²) in [7, 11) is 0. The van der Waals surface area contributed by atoms with E-state index in [4.69, 9.17) is 0 Å². The number of H-pyrrole nitrogens is 1. The molecule has 3 aromatic rings. The van der Waals surface area contributed by atoms with Crippen molar-refractivity contribution in [2.75, 3.05) is 5.32 Å². The Balaban J connectivity index is 1.94. The third-order valence-corrected chi connectivity index (χ3v) is 3.17. The summed E-state index contributed by atoms with van der Waals surface area (Å²) < 4.78 is 0. The van der Waals surface area contributed by atoms with Crippen molar-refractivity contribution in [3.8, 4) is 0 Å². The number of aromatic amines is 1. The Morgan fingerprint density at radius 1 is 1.10 bits per heavy atom. The van der Waals surface area contributed by atoms with Gasteiger partial charge in [-0.1, -0.05) is 12.1 Å². The van der Waals surface area contributed by atoms with Gasteiger partial charge in [0.15, 0.2) is 5.78 Å². The van der Waals surface area contributed by atoms with Crippen LogP contribution in [0.1, 0.15) is 17.3 Å². The molecule has 2 N–H and O–H groups in total. The summed E-state index contributed by atoms with van der Waals surface area (Å²) in [5, 5.41) is 3.58. The van der Waals surface area contributed by atoms with E-state index in [1.54, 1.807) is 42.5 Å². The van der Waals surface area contributed by atoms with Crippen LogP contribution in [0, 0.1) is 0 Å². The van der Waals surface area contributed by atoms with Crippen LogP contribution >= 0.6 is 0 Å². The van der Waals surface area contributed by atoms with Gasteiger partial charge >= 0.3 is 0 Å². The molecule has 5 nitrogen and oxygen atoms in total. The quantitative estimate of drug-likeness (QED) is 0.723. The van der Waals surface area contributed by atoms with Gasteiger partial charge < -0.3 is 5.32 Å². The molecular weight excluding hydrogens is 266 g/mol. The molecule has 0 fully saturated rings. The number of nitrogens with one attached hydrogen (secondary N) is 2. The van der Waals surface area contributed by atoms with Crippen LogP contribution in [0.5, 0.6) is 0 Å². The molecule has 1 aromatic heterocycles. The molecule has 1 heterocycles. The summed E-state index contributed by atoms with van der Waals surface area (Å²) >= 11 is 0.